The minimum atomic E-state index is -1.03. The van der Waals surface area contributed by atoms with Crippen LogP contribution in [0.25, 0.3) is 0 Å². The van der Waals surface area contributed by atoms with Crippen molar-refractivity contribution in [2.75, 3.05) is 24.8 Å². The number of hydrazone groups is 1. The van der Waals surface area contributed by atoms with E-state index in [1.165, 1.54) is 6.92 Å². The van der Waals surface area contributed by atoms with Gasteiger partial charge >= 0.3 is 5.97 Å². The SMILES string of the molecule is C/C(=N\N(CCCl)CCCl)C(=O)O. The molecule has 0 amide bonds. The Bertz CT molecular complexity index is 191. The number of halogens is 2. The molecule has 76 valence electrons. The van der Waals surface area contributed by atoms with Crippen molar-refractivity contribution in [2.24, 2.45) is 5.10 Å². The number of alkyl halides is 2. The van der Waals surface area contributed by atoms with E-state index in [4.69, 9.17) is 28.3 Å². The Morgan fingerprint density at radius 2 is 1.85 bits per heavy atom. The van der Waals surface area contributed by atoms with Gasteiger partial charge in [-0.2, -0.15) is 5.10 Å². The summed E-state index contributed by atoms with van der Waals surface area (Å²) in [5.74, 6) is -0.241. The lowest BCUT2D eigenvalue weighted by Crippen LogP contribution is -2.25. The minimum absolute atomic E-state index is 0.0373. The van der Waals surface area contributed by atoms with Crippen molar-refractivity contribution in [3.8, 4) is 0 Å². The first-order valence-corrected chi connectivity index (χ1v) is 4.84. The third kappa shape index (κ3) is 5.71. The highest BCUT2D eigenvalue weighted by Gasteiger charge is 2.05. The molecule has 0 saturated carbocycles. The summed E-state index contributed by atoms with van der Waals surface area (Å²) in [6.45, 7) is 2.43. The summed E-state index contributed by atoms with van der Waals surface area (Å²) in [5, 5.41) is 13.9. The molecule has 4 nitrogen and oxygen atoms in total. The van der Waals surface area contributed by atoms with Gasteiger partial charge < -0.3 is 5.11 Å². The summed E-state index contributed by atoms with van der Waals surface area (Å²) in [6, 6.07) is 0. The molecular formula is C7H12Cl2N2O2. The molecule has 1 N–H and O–H groups in total. The van der Waals surface area contributed by atoms with Crippen molar-refractivity contribution in [2.45, 2.75) is 6.92 Å². The molecule has 0 aromatic rings. The normalized spacial score (nSPS) is 11.5. The summed E-state index contributed by atoms with van der Waals surface area (Å²) in [5.41, 5.74) is 0.0373. The Morgan fingerprint density at radius 3 is 2.15 bits per heavy atom. The Hall–Kier alpha value is -0.480. The molecule has 0 rings (SSSR count). The highest BCUT2D eigenvalue weighted by molar-refractivity contribution is 6.34. The summed E-state index contributed by atoms with van der Waals surface area (Å²) in [7, 11) is 0. The number of aliphatic carboxylic acids is 1. The molecule has 6 heteroatoms. The van der Waals surface area contributed by atoms with Gasteiger partial charge in [-0.25, -0.2) is 4.79 Å². The first-order valence-electron chi connectivity index (χ1n) is 3.77. The average molecular weight is 227 g/mol. The second-order valence-electron chi connectivity index (χ2n) is 2.32. The van der Waals surface area contributed by atoms with Crippen molar-refractivity contribution < 1.29 is 9.90 Å². The van der Waals surface area contributed by atoms with Gasteiger partial charge in [0.25, 0.3) is 0 Å². The number of carboxylic acids is 1. The maximum atomic E-state index is 10.4. The summed E-state index contributed by atoms with van der Waals surface area (Å²) in [4.78, 5) is 10.4. The lowest BCUT2D eigenvalue weighted by molar-refractivity contribution is -0.129. The largest absolute Gasteiger partial charge is 0.477 e. The fraction of sp³-hybridized carbons (Fsp3) is 0.714. The third-order valence-electron chi connectivity index (χ3n) is 1.29. The van der Waals surface area contributed by atoms with E-state index in [0.29, 0.717) is 24.8 Å². The van der Waals surface area contributed by atoms with Gasteiger partial charge in [-0.05, 0) is 6.92 Å². The summed E-state index contributed by atoms with van der Waals surface area (Å²) >= 11 is 11.0. The summed E-state index contributed by atoms with van der Waals surface area (Å²) < 4.78 is 0. The molecule has 0 fully saturated rings. The fourth-order valence-corrected chi connectivity index (χ4v) is 1.05. The smallest absolute Gasteiger partial charge is 0.351 e. The Kier molecular flexibility index (Phi) is 6.72. The highest BCUT2D eigenvalue weighted by atomic mass is 35.5. The van der Waals surface area contributed by atoms with Crippen LogP contribution >= 0.6 is 23.2 Å². The molecule has 0 aromatic carbocycles. The summed E-state index contributed by atoms with van der Waals surface area (Å²) in [6.07, 6.45) is 0. The molecule has 0 radical (unpaired) electrons. The minimum Gasteiger partial charge on any atom is -0.477 e. The number of carbonyl (C=O) groups is 1. The molecule has 0 heterocycles. The molecule has 0 unspecified atom stereocenters. The lowest BCUT2D eigenvalue weighted by atomic mass is 10.4. The van der Waals surface area contributed by atoms with Gasteiger partial charge in [-0.3, -0.25) is 5.01 Å². The molecular weight excluding hydrogens is 215 g/mol. The molecule has 0 saturated heterocycles. The average Bonchev–Trinajstić information content (AvgIpc) is 2.05. The van der Waals surface area contributed by atoms with E-state index in [0.717, 1.165) is 0 Å². The number of carboxylic acid groups (broad SMARTS) is 1. The molecule has 0 aliphatic heterocycles. The van der Waals surface area contributed by atoms with E-state index in [2.05, 4.69) is 5.10 Å². The molecule has 13 heavy (non-hydrogen) atoms. The van der Waals surface area contributed by atoms with Crippen LogP contribution in [-0.4, -0.2) is 46.6 Å². The zero-order valence-electron chi connectivity index (χ0n) is 7.33. The van der Waals surface area contributed by atoms with Gasteiger partial charge in [0.2, 0.25) is 0 Å². The van der Waals surface area contributed by atoms with Gasteiger partial charge in [0.05, 0.1) is 0 Å². The Morgan fingerprint density at radius 1 is 1.38 bits per heavy atom. The van der Waals surface area contributed by atoms with Crippen LogP contribution in [-0.2, 0) is 4.79 Å². The molecule has 0 aliphatic rings. The van der Waals surface area contributed by atoms with Crippen LogP contribution in [0, 0.1) is 0 Å². The van der Waals surface area contributed by atoms with Gasteiger partial charge in [0.15, 0.2) is 0 Å². The molecule has 0 bridgehead atoms. The van der Waals surface area contributed by atoms with Crippen molar-refractivity contribution >= 4 is 34.9 Å². The zero-order valence-corrected chi connectivity index (χ0v) is 8.85. The third-order valence-corrected chi connectivity index (χ3v) is 1.62. The topological polar surface area (TPSA) is 52.9 Å². The predicted molar refractivity (Wildman–Crippen MR) is 53.8 cm³/mol. The Balaban J connectivity index is 4.20. The molecule has 0 spiro atoms. The van der Waals surface area contributed by atoms with Gasteiger partial charge in [0, 0.05) is 24.8 Å². The van der Waals surface area contributed by atoms with Crippen molar-refractivity contribution in [1.82, 2.24) is 5.01 Å². The Labute approximate surface area is 87.1 Å². The van der Waals surface area contributed by atoms with Crippen LogP contribution in [0.4, 0.5) is 0 Å². The maximum absolute atomic E-state index is 10.4. The van der Waals surface area contributed by atoms with Crippen LogP contribution in [0.2, 0.25) is 0 Å². The van der Waals surface area contributed by atoms with E-state index >= 15 is 0 Å². The molecule has 0 atom stereocenters. The van der Waals surface area contributed by atoms with Crippen molar-refractivity contribution in [3.63, 3.8) is 0 Å². The predicted octanol–water partition coefficient (Wildman–Crippen LogP) is 1.23. The second-order valence-corrected chi connectivity index (χ2v) is 3.08. The van der Waals surface area contributed by atoms with E-state index < -0.39 is 5.97 Å². The number of hydrogen-bond donors (Lipinski definition) is 1. The van der Waals surface area contributed by atoms with Crippen LogP contribution in [0.1, 0.15) is 6.92 Å². The van der Waals surface area contributed by atoms with Crippen LogP contribution in [0.3, 0.4) is 0 Å². The molecule has 0 aliphatic carbocycles. The fourth-order valence-electron chi connectivity index (χ4n) is 0.662. The van der Waals surface area contributed by atoms with Gasteiger partial charge in [-0.15, -0.1) is 23.2 Å². The van der Waals surface area contributed by atoms with Gasteiger partial charge in [0.1, 0.15) is 5.71 Å². The monoisotopic (exact) mass is 226 g/mol. The molecule has 0 aromatic heterocycles. The van der Waals surface area contributed by atoms with Gasteiger partial charge in [-0.1, -0.05) is 0 Å². The van der Waals surface area contributed by atoms with E-state index in [-0.39, 0.29) is 5.71 Å². The van der Waals surface area contributed by atoms with E-state index in [1.54, 1.807) is 5.01 Å². The van der Waals surface area contributed by atoms with E-state index in [1.807, 2.05) is 0 Å². The first-order chi connectivity index (χ1) is 6.11. The van der Waals surface area contributed by atoms with E-state index in [9.17, 15) is 4.79 Å². The standard InChI is InChI=1S/C7H12Cl2N2O2/c1-6(7(12)13)10-11(4-2-8)5-3-9/h2-5H2,1H3,(H,12,13)/b10-6+. The first kappa shape index (κ1) is 12.5. The number of hydrogen-bond acceptors (Lipinski definition) is 3. The van der Waals surface area contributed by atoms with Crippen molar-refractivity contribution in [3.05, 3.63) is 0 Å². The zero-order chi connectivity index (χ0) is 10.3. The van der Waals surface area contributed by atoms with Crippen molar-refractivity contribution in [1.29, 1.82) is 0 Å². The second kappa shape index (κ2) is 6.97. The van der Waals surface area contributed by atoms with Crippen LogP contribution < -0.4 is 0 Å². The van der Waals surface area contributed by atoms with Crippen LogP contribution in [0.15, 0.2) is 5.10 Å². The maximum Gasteiger partial charge on any atom is 0.351 e. The highest BCUT2D eigenvalue weighted by Crippen LogP contribution is 1.94. The quantitative estimate of drug-likeness (QED) is 0.421. The number of nitrogens with zero attached hydrogens (tertiary/aromatic N) is 2. The lowest BCUT2D eigenvalue weighted by Gasteiger charge is -2.16. The van der Waals surface area contributed by atoms with Crippen LogP contribution in [0.5, 0.6) is 0 Å². The number of rotatable bonds is 6.